The minimum Gasteiger partial charge on any atom is -0.507 e. The van der Waals surface area contributed by atoms with Crippen molar-refractivity contribution < 1.29 is 28.9 Å². The predicted octanol–water partition coefficient (Wildman–Crippen LogP) is 4.29. The molecule has 1 atom stereocenters. The highest BCUT2D eigenvalue weighted by Crippen LogP contribution is 2.46. The van der Waals surface area contributed by atoms with Crippen molar-refractivity contribution >= 4 is 17.4 Å². The Balaban J connectivity index is 1.87. The first kappa shape index (κ1) is 24.5. The average Bonchev–Trinajstić information content (AvgIpc) is 3.16. The Morgan fingerprint density at radius 2 is 1.86 bits per heavy atom. The number of aliphatic hydroxyl groups excluding tert-OH is 1. The number of aromatic nitrogens is 1. The molecule has 2 heterocycles. The number of ether oxygens (including phenoxy) is 3. The first-order valence-corrected chi connectivity index (χ1v) is 11.2. The van der Waals surface area contributed by atoms with Crippen LogP contribution in [0.5, 0.6) is 17.2 Å². The summed E-state index contributed by atoms with van der Waals surface area (Å²) in [5.41, 5.74) is 1.56. The van der Waals surface area contributed by atoms with Crippen molar-refractivity contribution in [2.75, 3.05) is 20.8 Å². The van der Waals surface area contributed by atoms with Gasteiger partial charge in [0.2, 0.25) is 0 Å². The molecule has 36 heavy (non-hydrogen) atoms. The van der Waals surface area contributed by atoms with Crippen molar-refractivity contribution in [3.63, 3.8) is 0 Å². The molecule has 1 aliphatic rings. The molecule has 1 saturated heterocycles. The number of benzene rings is 2. The fraction of sp³-hybridized carbons (Fsp3) is 0.179. The van der Waals surface area contributed by atoms with Crippen LogP contribution < -0.4 is 14.2 Å². The van der Waals surface area contributed by atoms with Gasteiger partial charge in [-0.05, 0) is 42.0 Å². The molecule has 184 valence electrons. The Labute approximate surface area is 209 Å². The second-order valence-electron chi connectivity index (χ2n) is 8.00. The largest absolute Gasteiger partial charge is 0.507 e. The van der Waals surface area contributed by atoms with Crippen LogP contribution in [0, 0.1) is 0 Å². The van der Waals surface area contributed by atoms with Crippen LogP contribution in [0.3, 0.4) is 0 Å². The van der Waals surface area contributed by atoms with Gasteiger partial charge in [-0.3, -0.25) is 14.6 Å². The number of carbonyl (C=O) groups is 2. The predicted molar refractivity (Wildman–Crippen MR) is 134 cm³/mol. The highest BCUT2D eigenvalue weighted by molar-refractivity contribution is 6.46. The van der Waals surface area contributed by atoms with Crippen molar-refractivity contribution in [2.24, 2.45) is 0 Å². The fourth-order valence-electron chi connectivity index (χ4n) is 4.20. The van der Waals surface area contributed by atoms with E-state index in [2.05, 4.69) is 11.6 Å². The summed E-state index contributed by atoms with van der Waals surface area (Å²) in [4.78, 5) is 32.1. The number of carbonyl (C=O) groups excluding carboxylic acids is 2. The number of hydrogen-bond donors (Lipinski definition) is 1. The third kappa shape index (κ3) is 4.65. The molecule has 8 heteroatoms. The van der Waals surface area contributed by atoms with Gasteiger partial charge >= 0.3 is 0 Å². The second-order valence-corrected chi connectivity index (χ2v) is 8.00. The number of aliphatic hydroxyl groups is 1. The molecule has 1 amide bonds. The summed E-state index contributed by atoms with van der Waals surface area (Å²) in [7, 11) is 2.99. The molecule has 1 aromatic heterocycles. The third-order valence-electron chi connectivity index (χ3n) is 5.84. The molecule has 1 aliphatic heterocycles. The Bertz CT molecular complexity index is 1300. The number of methoxy groups -OCH3 is 2. The van der Waals surface area contributed by atoms with Gasteiger partial charge in [-0.2, -0.15) is 0 Å². The third-order valence-corrected chi connectivity index (χ3v) is 5.84. The van der Waals surface area contributed by atoms with Gasteiger partial charge in [-0.15, -0.1) is 0 Å². The van der Waals surface area contributed by atoms with Crippen LogP contribution in [-0.2, 0) is 16.1 Å². The smallest absolute Gasteiger partial charge is 0.295 e. The number of Topliss-reactive ketones (excluding diaryl/α,β-unsaturated/α-hetero) is 1. The number of ketones is 1. The summed E-state index contributed by atoms with van der Waals surface area (Å²) in [5, 5.41) is 11.3. The average molecular weight is 487 g/mol. The number of para-hydroxylation sites is 1. The number of nitrogens with zero attached hydrogens (tertiary/aromatic N) is 2. The zero-order chi connectivity index (χ0) is 25.7. The van der Waals surface area contributed by atoms with Crippen LogP contribution in [0.2, 0.25) is 0 Å². The number of likely N-dealkylation sites (tertiary alicyclic amines) is 1. The lowest BCUT2D eigenvalue weighted by molar-refractivity contribution is -0.140. The standard InChI is InChI=1S/C28H26N2O6/c1-4-15-36-20-12-10-19(11-13-20)25(31)23-24(21-8-5-9-22(34-2)27(21)35-3)30(28(33)26(23)32)17-18-7-6-14-29-16-18/h4-14,16,24,31H,1,15,17H2,2-3H3/b25-23-. The van der Waals surface area contributed by atoms with Crippen LogP contribution in [0.1, 0.15) is 22.7 Å². The zero-order valence-corrected chi connectivity index (χ0v) is 20.0. The van der Waals surface area contributed by atoms with Crippen molar-refractivity contribution in [1.29, 1.82) is 0 Å². The summed E-state index contributed by atoms with van der Waals surface area (Å²) in [6.45, 7) is 4.06. The summed E-state index contributed by atoms with van der Waals surface area (Å²) >= 11 is 0. The van der Waals surface area contributed by atoms with Crippen LogP contribution in [0.25, 0.3) is 5.76 Å². The Morgan fingerprint density at radius 1 is 1.08 bits per heavy atom. The minimum atomic E-state index is -0.924. The van der Waals surface area contributed by atoms with E-state index in [0.29, 0.717) is 35.0 Å². The molecule has 0 saturated carbocycles. The lowest BCUT2D eigenvalue weighted by Crippen LogP contribution is -2.29. The number of hydrogen-bond acceptors (Lipinski definition) is 7. The number of rotatable bonds is 9. The number of pyridine rings is 1. The zero-order valence-electron chi connectivity index (χ0n) is 20.0. The van der Waals surface area contributed by atoms with Crippen molar-refractivity contribution in [1.82, 2.24) is 9.88 Å². The summed E-state index contributed by atoms with van der Waals surface area (Å²) in [5.74, 6) is -0.450. The SMILES string of the molecule is C=CCOc1ccc(/C(O)=C2/C(=O)C(=O)N(Cc3cccnc3)C2c2cccc(OC)c2OC)cc1. The molecule has 3 aromatic rings. The second kappa shape index (κ2) is 10.8. The lowest BCUT2D eigenvalue weighted by Gasteiger charge is -2.27. The van der Waals surface area contributed by atoms with E-state index in [1.165, 1.54) is 19.1 Å². The Morgan fingerprint density at radius 3 is 2.50 bits per heavy atom. The van der Waals surface area contributed by atoms with Crippen molar-refractivity contribution in [2.45, 2.75) is 12.6 Å². The van der Waals surface area contributed by atoms with Gasteiger partial charge in [-0.25, -0.2) is 0 Å². The molecule has 2 aromatic carbocycles. The monoisotopic (exact) mass is 486 g/mol. The van der Waals surface area contributed by atoms with Crippen molar-refractivity contribution in [3.05, 3.63) is 102 Å². The van der Waals surface area contributed by atoms with Crippen molar-refractivity contribution in [3.8, 4) is 17.2 Å². The highest BCUT2D eigenvalue weighted by Gasteiger charge is 2.47. The summed E-state index contributed by atoms with van der Waals surface area (Å²) < 4.78 is 16.6. The van der Waals surface area contributed by atoms with E-state index in [-0.39, 0.29) is 17.9 Å². The maximum atomic E-state index is 13.3. The highest BCUT2D eigenvalue weighted by atomic mass is 16.5. The van der Waals surface area contributed by atoms with Gasteiger partial charge in [0, 0.05) is 30.1 Å². The molecule has 4 rings (SSSR count). The molecule has 1 unspecified atom stereocenters. The van der Waals surface area contributed by atoms with E-state index >= 15 is 0 Å². The van der Waals surface area contributed by atoms with E-state index in [9.17, 15) is 14.7 Å². The molecule has 0 bridgehead atoms. The normalized spacial score (nSPS) is 16.6. The van der Waals surface area contributed by atoms with Gasteiger partial charge in [0.15, 0.2) is 11.5 Å². The van der Waals surface area contributed by atoms with Gasteiger partial charge in [0.25, 0.3) is 11.7 Å². The van der Waals surface area contributed by atoms with Gasteiger partial charge < -0.3 is 24.2 Å². The van der Waals surface area contributed by atoms with Gasteiger partial charge in [0.05, 0.1) is 25.8 Å². The molecular weight excluding hydrogens is 460 g/mol. The molecule has 1 fully saturated rings. The van der Waals surface area contributed by atoms with Gasteiger partial charge in [0.1, 0.15) is 18.1 Å². The number of amides is 1. The topological polar surface area (TPSA) is 98.2 Å². The van der Waals surface area contributed by atoms with Crippen LogP contribution in [0.4, 0.5) is 0 Å². The first-order valence-electron chi connectivity index (χ1n) is 11.2. The fourth-order valence-corrected chi connectivity index (χ4v) is 4.20. The van der Waals surface area contributed by atoms with Crippen LogP contribution >= 0.6 is 0 Å². The van der Waals surface area contributed by atoms with E-state index in [1.807, 2.05) is 6.07 Å². The molecule has 0 aliphatic carbocycles. The first-order chi connectivity index (χ1) is 17.5. The maximum absolute atomic E-state index is 13.3. The minimum absolute atomic E-state index is 0.0461. The molecule has 0 radical (unpaired) electrons. The molecule has 1 N–H and O–H groups in total. The Hall–Kier alpha value is -4.59. The quantitative estimate of drug-likeness (QED) is 0.209. The summed E-state index contributed by atoms with van der Waals surface area (Å²) in [6.07, 6.45) is 4.88. The van der Waals surface area contributed by atoms with E-state index in [1.54, 1.807) is 67.0 Å². The molecular formula is C28H26N2O6. The maximum Gasteiger partial charge on any atom is 0.295 e. The van der Waals surface area contributed by atoms with E-state index in [4.69, 9.17) is 14.2 Å². The summed E-state index contributed by atoms with van der Waals surface area (Å²) in [6, 6.07) is 14.4. The van der Waals surface area contributed by atoms with Crippen LogP contribution in [-0.4, -0.2) is 47.5 Å². The van der Waals surface area contributed by atoms with Gasteiger partial charge in [-0.1, -0.05) is 30.9 Å². The lowest BCUT2D eigenvalue weighted by atomic mass is 9.94. The van der Waals surface area contributed by atoms with E-state index in [0.717, 1.165) is 5.56 Å². The molecule has 8 nitrogen and oxygen atoms in total. The van der Waals surface area contributed by atoms with Crippen LogP contribution in [0.15, 0.2) is 85.2 Å². The Kier molecular flexibility index (Phi) is 7.34. The van der Waals surface area contributed by atoms with E-state index < -0.39 is 17.7 Å². The molecule has 0 spiro atoms.